The quantitative estimate of drug-likeness (QED) is 0.623. The van der Waals surface area contributed by atoms with Gasteiger partial charge in [0.05, 0.1) is 7.11 Å². The molecule has 0 unspecified atom stereocenters. The van der Waals surface area contributed by atoms with Crippen LogP contribution in [-0.4, -0.2) is 18.1 Å². The number of hydrogen-bond donors (Lipinski definition) is 1. The van der Waals surface area contributed by atoms with Crippen molar-refractivity contribution in [1.82, 2.24) is 4.98 Å². The van der Waals surface area contributed by atoms with Gasteiger partial charge in [-0.2, -0.15) is 0 Å². The molecule has 0 fully saturated rings. The van der Waals surface area contributed by atoms with E-state index in [9.17, 15) is 9.18 Å². The van der Waals surface area contributed by atoms with Crippen molar-refractivity contribution in [2.24, 2.45) is 0 Å². The molecule has 0 saturated carbocycles. The molecule has 3 nitrogen and oxygen atoms in total. The lowest BCUT2D eigenvalue weighted by molar-refractivity contribution is 0.0594. The third kappa shape index (κ3) is 1.39. The van der Waals surface area contributed by atoms with Crippen molar-refractivity contribution in [2.45, 2.75) is 6.92 Å². The third-order valence-electron chi connectivity index (χ3n) is 1.36. The van der Waals surface area contributed by atoms with Crippen LogP contribution >= 0.6 is 0 Å². The molecule has 0 amide bonds. The summed E-state index contributed by atoms with van der Waals surface area (Å²) in [7, 11) is 1.25. The molecule has 11 heavy (non-hydrogen) atoms. The molecule has 0 aliphatic rings. The number of methoxy groups -OCH3 is 1. The Labute approximate surface area is 63.2 Å². The summed E-state index contributed by atoms with van der Waals surface area (Å²) < 4.78 is 17.0. The van der Waals surface area contributed by atoms with Gasteiger partial charge in [0.2, 0.25) is 0 Å². The summed E-state index contributed by atoms with van der Waals surface area (Å²) in [6, 6.07) is 1.11. The molecule has 60 valence electrons. The molecule has 0 saturated heterocycles. The fraction of sp³-hybridized carbons (Fsp3) is 0.286. The van der Waals surface area contributed by atoms with Crippen molar-refractivity contribution >= 4 is 5.97 Å². The highest BCUT2D eigenvalue weighted by Gasteiger charge is 2.10. The zero-order valence-electron chi connectivity index (χ0n) is 6.27. The van der Waals surface area contributed by atoms with Crippen molar-refractivity contribution in [1.29, 1.82) is 0 Å². The Balaban J connectivity index is 2.97. The maximum atomic E-state index is 12.6. The fourth-order valence-corrected chi connectivity index (χ4v) is 0.753. The molecule has 0 aliphatic heterocycles. The minimum Gasteiger partial charge on any atom is -0.464 e. The van der Waals surface area contributed by atoms with E-state index in [1.54, 1.807) is 6.92 Å². The molecule has 0 aromatic carbocycles. The van der Waals surface area contributed by atoms with Gasteiger partial charge < -0.3 is 9.72 Å². The summed E-state index contributed by atoms with van der Waals surface area (Å²) >= 11 is 0. The van der Waals surface area contributed by atoms with E-state index >= 15 is 0 Å². The first-order valence-electron chi connectivity index (χ1n) is 3.08. The summed E-state index contributed by atoms with van der Waals surface area (Å²) in [6.07, 6.45) is 0. The van der Waals surface area contributed by atoms with E-state index in [0.29, 0.717) is 5.69 Å². The molecule has 1 rings (SSSR count). The number of carbonyl (C=O) groups is 1. The van der Waals surface area contributed by atoms with Crippen LogP contribution in [0.3, 0.4) is 0 Å². The molecule has 0 radical (unpaired) electrons. The average Bonchev–Trinajstić information content (AvgIpc) is 2.31. The number of halogens is 1. The van der Waals surface area contributed by atoms with Gasteiger partial charge in [0.15, 0.2) is 0 Å². The van der Waals surface area contributed by atoms with E-state index in [2.05, 4.69) is 9.72 Å². The molecule has 0 aliphatic carbocycles. The van der Waals surface area contributed by atoms with E-state index in [1.807, 2.05) is 0 Å². The van der Waals surface area contributed by atoms with Gasteiger partial charge in [0, 0.05) is 11.8 Å². The van der Waals surface area contributed by atoms with Crippen LogP contribution in [0.25, 0.3) is 0 Å². The van der Waals surface area contributed by atoms with Crippen LogP contribution in [0.15, 0.2) is 6.07 Å². The molecule has 0 spiro atoms. The van der Waals surface area contributed by atoms with Gasteiger partial charge in [-0.3, -0.25) is 0 Å². The van der Waals surface area contributed by atoms with E-state index in [0.717, 1.165) is 6.07 Å². The monoisotopic (exact) mass is 157 g/mol. The van der Waals surface area contributed by atoms with Gasteiger partial charge in [-0.15, -0.1) is 0 Å². The van der Waals surface area contributed by atoms with Gasteiger partial charge >= 0.3 is 5.97 Å². The highest BCUT2D eigenvalue weighted by atomic mass is 19.1. The number of nitrogens with one attached hydrogen (secondary N) is 1. The fourth-order valence-electron chi connectivity index (χ4n) is 0.753. The smallest absolute Gasteiger partial charge is 0.354 e. The molecule has 0 bridgehead atoms. The zero-order valence-corrected chi connectivity index (χ0v) is 6.27. The maximum Gasteiger partial charge on any atom is 0.354 e. The Morgan fingerprint density at radius 3 is 2.73 bits per heavy atom. The SMILES string of the molecule is COC(=O)c1cc(F)c(C)[nH]1. The zero-order chi connectivity index (χ0) is 8.43. The minimum absolute atomic E-state index is 0.141. The van der Waals surface area contributed by atoms with Crippen LogP contribution in [0.4, 0.5) is 4.39 Å². The van der Waals surface area contributed by atoms with Crippen LogP contribution in [0.2, 0.25) is 0 Å². The van der Waals surface area contributed by atoms with Gasteiger partial charge in [-0.1, -0.05) is 0 Å². The third-order valence-corrected chi connectivity index (χ3v) is 1.36. The number of hydrogen-bond acceptors (Lipinski definition) is 2. The van der Waals surface area contributed by atoms with Crippen LogP contribution in [0.1, 0.15) is 16.2 Å². The first kappa shape index (κ1) is 7.78. The number of aryl methyl sites for hydroxylation is 1. The summed E-state index contributed by atoms with van der Waals surface area (Å²) in [5.74, 6) is -0.984. The van der Waals surface area contributed by atoms with Crippen LogP contribution in [0.5, 0.6) is 0 Å². The van der Waals surface area contributed by atoms with E-state index in [-0.39, 0.29) is 5.69 Å². The molecule has 1 heterocycles. The van der Waals surface area contributed by atoms with Gasteiger partial charge in [0.1, 0.15) is 11.5 Å². The molecule has 0 atom stereocenters. The van der Waals surface area contributed by atoms with Crippen LogP contribution in [-0.2, 0) is 4.74 Å². The van der Waals surface area contributed by atoms with Crippen LogP contribution < -0.4 is 0 Å². The van der Waals surface area contributed by atoms with Gasteiger partial charge in [0.25, 0.3) is 0 Å². The van der Waals surface area contributed by atoms with E-state index in [1.165, 1.54) is 7.11 Å². The molecule has 1 N–H and O–H groups in total. The van der Waals surface area contributed by atoms with Crippen molar-refractivity contribution in [2.75, 3.05) is 7.11 Å². The van der Waals surface area contributed by atoms with E-state index < -0.39 is 11.8 Å². The summed E-state index contributed by atoms with van der Waals surface area (Å²) in [6.45, 7) is 1.54. The maximum absolute atomic E-state index is 12.6. The summed E-state index contributed by atoms with van der Waals surface area (Å²) in [5, 5.41) is 0. The second kappa shape index (κ2) is 2.74. The largest absolute Gasteiger partial charge is 0.464 e. The number of aromatic amines is 1. The molecule has 1 aromatic rings. The Kier molecular flexibility index (Phi) is 1.94. The van der Waals surface area contributed by atoms with Crippen molar-refractivity contribution < 1.29 is 13.9 Å². The molecule has 4 heteroatoms. The number of carbonyl (C=O) groups excluding carboxylic acids is 1. The highest BCUT2D eigenvalue weighted by molar-refractivity contribution is 5.87. The Morgan fingerprint density at radius 2 is 2.36 bits per heavy atom. The minimum atomic E-state index is -0.558. The van der Waals surface area contributed by atoms with Gasteiger partial charge in [-0.25, -0.2) is 9.18 Å². The summed E-state index contributed by atoms with van der Waals surface area (Å²) in [5.41, 5.74) is 0.480. The van der Waals surface area contributed by atoms with E-state index in [4.69, 9.17) is 0 Å². The molecular weight excluding hydrogens is 149 g/mol. The lowest BCUT2D eigenvalue weighted by Crippen LogP contribution is -2.00. The second-order valence-electron chi connectivity index (χ2n) is 2.15. The number of aromatic nitrogens is 1. The molecule has 1 aromatic heterocycles. The van der Waals surface area contributed by atoms with Crippen molar-refractivity contribution in [3.8, 4) is 0 Å². The summed E-state index contributed by atoms with van der Waals surface area (Å²) in [4.78, 5) is 13.3. The second-order valence-corrected chi connectivity index (χ2v) is 2.15. The Hall–Kier alpha value is -1.32. The number of ether oxygens (including phenoxy) is 1. The predicted octanol–water partition coefficient (Wildman–Crippen LogP) is 1.25. The normalized spacial score (nSPS) is 9.73. The lowest BCUT2D eigenvalue weighted by atomic mass is 10.4. The number of rotatable bonds is 1. The standard InChI is InChI=1S/C7H8FNO2/c1-4-5(8)3-6(9-4)7(10)11-2/h3,9H,1-2H3. The van der Waals surface area contributed by atoms with Crippen LogP contribution in [0, 0.1) is 12.7 Å². The Morgan fingerprint density at radius 1 is 1.73 bits per heavy atom. The predicted molar refractivity (Wildman–Crippen MR) is 36.8 cm³/mol. The lowest BCUT2D eigenvalue weighted by Gasteiger charge is -1.91. The topological polar surface area (TPSA) is 42.1 Å². The number of esters is 1. The first-order chi connectivity index (χ1) is 5.15. The highest BCUT2D eigenvalue weighted by Crippen LogP contribution is 2.07. The number of H-pyrrole nitrogens is 1. The van der Waals surface area contributed by atoms with Crippen molar-refractivity contribution in [3.05, 3.63) is 23.3 Å². The Bertz CT molecular complexity index is 260. The van der Waals surface area contributed by atoms with Crippen molar-refractivity contribution in [3.63, 3.8) is 0 Å². The molecular formula is C7H8FNO2. The first-order valence-corrected chi connectivity index (χ1v) is 3.08. The average molecular weight is 157 g/mol. The van der Waals surface area contributed by atoms with Gasteiger partial charge in [-0.05, 0) is 6.92 Å².